The Hall–Kier alpha value is -0.950. The van der Waals surface area contributed by atoms with Gasteiger partial charge >= 0.3 is 0 Å². The average Bonchev–Trinajstić information content (AvgIpc) is 3.24. The lowest BCUT2D eigenvalue weighted by molar-refractivity contribution is -0.138. The van der Waals surface area contributed by atoms with Gasteiger partial charge in [0.05, 0.1) is 5.41 Å². The summed E-state index contributed by atoms with van der Waals surface area (Å²) < 4.78 is 0. The molecule has 0 aromatic rings. The van der Waals surface area contributed by atoms with E-state index in [1.54, 1.807) is 4.90 Å². The molecule has 3 aliphatic rings. The van der Waals surface area contributed by atoms with Crippen LogP contribution in [0.25, 0.3) is 0 Å². The van der Waals surface area contributed by atoms with Crippen molar-refractivity contribution in [3.05, 3.63) is 0 Å². The summed E-state index contributed by atoms with van der Waals surface area (Å²) in [5.41, 5.74) is -0.00487. The lowest BCUT2D eigenvalue weighted by Gasteiger charge is -2.48. The molecule has 1 heterocycles. The summed E-state index contributed by atoms with van der Waals surface area (Å²) >= 11 is 2.08. The Morgan fingerprint density at radius 1 is 0.966 bits per heavy atom. The van der Waals surface area contributed by atoms with Crippen molar-refractivity contribution in [3.63, 3.8) is 0 Å². The maximum atomic E-state index is 12.8. The summed E-state index contributed by atoms with van der Waals surface area (Å²) in [6.45, 7) is 4.04. The van der Waals surface area contributed by atoms with Crippen LogP contribution in [0, 0.1) is 5.41 Å². The van der Waals surface area contributed by atoms with Crippen LogP contribution in [-0.2, 0) is 4.79 Å². The van der Waals surface area contributed by atoms with E-state index in [4.69, 9.17) is 0 Å². The molecule has 0 atom stereocenters. The minimum absolute atomic E-state index is 0.257. The second kappa shape index (κ2) is 10.4. The number of nitrogens with one attached hydrogen (secondary N) is 2. The Bertz CT molecular complexity index is 562. The van der Waals surface area contributed by atoms with Gasteiger partial charge in [0.1, 0.15) is 0 Å². The molecule has 2 aliphatic carbocycles. The Morgan fingerprint density at radius 3 is 2.14 bits per heavy atom. The van der Waals surface area contributed by atoms with Crippen molar-refractivity contribution < 1.29 is 4.79 Å². The maximum absolute atomic E-state index is 12.8. The Labute approximate surface area is 181 Å². The van der Waals surface area contributed by atoms with Gasteiger partial charge in [-0.15, -0.1) is 0 Å². The van der Waals surface area contributed by atoms with Crippen LogP contribution < -0.4 is 10.6 Å². The topological polar surface area (TPSA) is 60.0 Å². The minimum atomic E-state index is -0.270. The van der Waals surface area contributed by atoms with Crippen molar-refractivity contribution in [2.24, 2.45) is 10.4 Å². The Kier molecular flexibility index (Phi) is 8.14. The van der Waals surface area contributed by atoms with Crippen molar-refractivity contribution in [2.75, 3.05) is 58.8 Å². The molecular weight excluding hydrogens is 382 g/mol. The van der Waals surface area contributed by atoms with Crippen molar-refractivity contribution in [1.29, 1.82) is 0 Å². The molecule has 0 aromatic heterocycles. The zero-order valence-corrected chi connectivity index (χ0v) is 19.6. The van der Waals surface area contributed by atoms with Crippen LogP contribution >= 0.6 is 11.8 Å². The third kappa shape index (κ3) is 5.40. The monoisotopic (exact) mass is 423 g/mol. The first-order valence-electron chi connectivity index (χ1n) is 11.5. The van der Waals surface area contributed by atoms with Crippen molar-refractivity contribution in [1.82, 2.24) is 20.4 Å². The number of thioether (sulfide) groups is 1. The van der Waals surface area contributed by atoms with Gasteiger partial charge in [0, 0.05) is 64.4 Å². The number of hydrogen-bond donors (Lipinski definition) is 2. The van der Waals surface area contributed by atoms with E-state index in [-0.39, 0.29) is 16.9 Å². The molecule has 0 aromatic carbocycles. The van der Waals surface area contributed by atoms with E-state index >= 15 is 0 Å². The van der Waals surface area contributed by atoms with Gasteiger partial charge in [-0.05, 0) is 25.7 Å². The van der Waals surface area contributed by atoms with Gasteiger partial charge in [-0.2, -0.15) is 11.8 Å². The molecule has 1 amide bonds. The van der Waals surface area contributed by atoms with Crippen molar-refractivity contribution >= 4 is 23.6 Å². The number of guanidine groups is 1. The van der Waals surface area contributed by atoms with E-state index in [0.29, 0.717) is 6.54 Å². The third-order valence-electron chi connectivity index (χ3n) is 7.29. The third-order valence-corrected chi connectivity index (χ3v) is 8.23. The van der Waals surface area contributed by atoms with Gasteiger partial charge in [0.15, 0.2) is 5.96 Å². The molecule has 3 rings (SSSR count). The van der Waals surface area contributed by atoms with Crippen molar-refractivity contribution in [3.8, 4) is 0 Å². The maximum Gasteiger partial charge on any atom is 0.230 e. The molecule has 3 fully saturated rings. The standard InChI is InChI=1S/C22H41N5OS/c1-23-20(24-17-21(9-7-8-10-21)19(28)26(2)3)25-18-22(11-5-4-6-12-22)27-13-15-29-16-14-27/h4-18H2,1-3H3,(H2,23,24,25). The van der Waals surface area contributed by atoms with E-state index in [1.807, 2.05) is 21.1 Å². The lowest BCUT2D eigenvalue weighted by Crippen LogP contribution is -2.60. The molecule has 0 bridgehead atoms. The largest absolute Gasteiger partial charge is 0.355 e. The van der Waals surface area contributed by atoms with Crippen LogP contribution in [0.3, 0.4) is 0 Å². The van der Waals surface area contributed by atoms with Crippen LogP contribution in [0.15, 0.2) is 4.99 Å². The molecule has 0 spiro atoms. The van der Waals surface area contributed by atoms with Crippen molar-refractivity contribution in [2.45, 2.75) is 63.3 Å². The molecular formula is C22H41N5OS. The normalized spacial score (nSPS) is 24.9. The fourth-order valence-electron chi connectivity index (χ4n) is 5.57. The van der Waals surface area contributed by atoms with Crippen LogP contribution in [0.1, 0.15) is 57.8 Å². The minimum Gasteiger partial charge on any atom is -0.355 e. The second-order valence-electron chi connectivity index (χ2n) is 9.35. The fraction of sp³-hybridized carbons (Fsp3) is 0.909. The van der Waals surface area contributed by atoms with Crippen LogP contribution in [-0.4, -0.2) is 86.0 Å². The molecule has 2 N–H and O–H groups in total. The molecule has 0 unspecified atom stereocenters. The first kappa shape index (κ1) is 22.7. The van der Waals surface area contributed by atoms with E-state index < -0.39 is 0 Å². The van der Waals surface area contributed by atoms with Crippen LogP contribution in [0.4, 0.5) is 0 Å². The predicted octanol–water partition coefficient (Wildman–Crippen LogP) is 2.55. The van der Waals surface area contributed by atoms with Gasteiger partial charge in [-0.3, -0.25) is 14.7 Å². The first-order chi connectivity index (χ1) is 14.0. The highest BCUT2D eigenvalue weighted by molar-refractivity contribution is 7.99. The molecule has 0 radical (unpaired) electrons. The average molecular weight is 424 g/mol. The molecule has 29 heavy (non-hydrogen) atoms. The van der Waals surface area contributed by atoms with E-state index in [1.165, 1.54) is 56.7 Å². The second-order valence-corrected chi connectivity index (χ2v) is 10.6. The fourth-order valence-corrected chi connectivity index (χ4v) is 6.47. The first-order valence-corrected chi connectivity index (χ1v) is 12.7. The van der Waals surface area contributed by atoms with E-state index in [0.717, 1.165) is 38.2 Å². The highest BCUT2D eigenvalue weighted by Crippen LogP contribution is 2.39. The van der Waals surface area contributed by atoms with Gasteiger partial charge in [-0.1, -0.05) is 32.1 Å². The number of hydrogen-bond acceptors (Lipinski definition) is 4. The Balaban J connectivity index is 1.60. The zero-order chi connectivity index (χ0) is 20.7. The predicted molar refractivity (Wildman–Crippen MR) is 124 cm³/mol. The Morgan fingerprint density at radius 2 is 1.55 bits per heavy atom. The smallest absolute Gasteiger partial charge is 0.230 e. The molecule has 1 saturated heterocycles. The number of carbonyl (C=O) groups is 1. The number of carbonyl (C=O) groups excluding carboxylic acids is 1. The molecule has 1 aliphatic heterocycles. The summed E-state index contributed by atoms with van der Waals surface area (Å²) in [5.74, 6) is 3.61. The SMILES string of the molecule is CN=C(NCC1(C(=O)N(C)C)CCCC1)NCC1(N2CCSCC2)CCCCC1. The highest BCUT2D eigenvalue weighted by atomic mass is 32.2. The van der Waals surface area contributed by atoms with Crippen LogP contribution in [0.5, 0.6) is 0 Å². The van der Waals surface area contributed by atoms with Gasteiger partial charge in [0.2, 0.25) is 5.91 Å². The van der Waals surface area contributed by atoms with E-state index in [2.05, 4.69) is 32.3 Å². The number of aliphatic imine (C=N–C) groups is 1. The highest BCUT2D eigenvalue weighted by Gasteiger charge is 2.42. The number of nitrogens with zero attached hydrogens (tertiary/aromatic N) is 3. The van der Waals surface area contributed by atoms with Gasteiger partial charge < -0.3 is 15.5 Å². The summed E-state index contributed by atoms with van der Waals surface area (Å²) in [7, 11) is 5.59. The van der Waals surface area contributed by atoms with Gasteiger partial charge in [-0.25, -0.2) is 0 Å². The number of amides is 1. The summed E-state index contributed by atoms with van der Waals surface area (Å²) in [5, 5.41) is 7.17. The summed E-state index contributed by atoms with van der Waals surface area (Å²) in [6.07, 6.45) is 10.8. The van der Waals surface area contributed by atoms with Gasteiger partial charge in [0.25, 0.3) is 0 Å². The molecule has 7 heteroatoms. The zero-order valence-electron chi connectivity index (χ0n) is 18.8. The van der Waals surface area contributed by atoms with E-state index in [9.17, 15) is 4.79 Å². The summed E-state index contributed by atoms with van der Waals surface area (Å²) in [4.78, 5) is 21.8. The molecule has 166 valence electrons. The van der Waals surface area contributed by atoms with Crippen LogP contribution in [0.2, 0.25) is 0 Å². The number of rotatable bonds is 6. The quantitative estimate of drug-likeness (QED) is 0.508. The molecule has 2 saturated carbocycles. The molecule has 6 nitrogen and oxygen atoms in total. The summed E-state index contributed by atoms with van der Waals surface area (Å²) in [6, 6.07) is 0. The lowest BCUT2D eigenvalue weighted by atomic mass is 9.80.